The quantitative estimate of drug-likeness (QED) is 0.0314. The molecule has 0 unspecified atom stereocenters. The summed E-state index contributed by atoms with van der Waals surface area (Å²) in [5.74, 6) is 4.30. The van der Waals surface area contributed by atoms with Gasteiger partial charge < -0.3 is 78.0 Å². The minimum absolute atomic E-state index is 0. The molecule has 660 valence electrons. The van der Waals surface area contributed by atoms with E-state index in [-0.39, 0.29) is 148 Å². The van der Waals surface area contributed by atoms with Crippen LogP contribution in [0.4, 0.5) is 0 Å². The molecule has 0 heterocycles. The lowest BCUT2D eigenvalue weighted by Gasteiger charge is -2.59. The highest BCUT2D eigenvalue weighted by molar-refractivity contribution is 7.98. The first-order chi connectivity index (χ1) is 59.3. The van der Waals surface area contributed by atoms with Gasteiger partial charge in [-0.1, -0.05) is 177 Å². The third-order valence-electron chi connectivity index (χ3n) is 24.7. The second-order valence-corrected chi connectivity index (χ2v) is 41.8. The summed E-state index contributed by atoms with van der Waals surface area (Å²) < 4.78 is 36.0. The Balaban J connectivity index is 0.000000177. The fourth-order valence-electron chi connectivity index (χ4n) is 18.9. The molecule has 9 nitrogen and oxygen atoms in total. The number of benzene rings is 12. The average Bonchev–Trinajstić information content (AvgIpc) is 0.750. The minimum Gasteiger partial charge on any atom is -1.00 e. The number of hydrogen-bond acceptors (Lipinski definition) is 9. The highest BCUT2D eigenvalue weighted by atomic mass is 35.5. The van der Waals surface area contributed by atoms with E-state index in [1.54, 1.807) is 0 Å². The molecule has 0 amide bonds. The summed E-state index contributed by atoms with van der Waals surface area (Å²) in [6.07, 6.45) is 16.7. The number of carbonyl (C=O) groups excluding carboxylic acids is 3. The largest absolute Gasteiger partial charge is 1.00 e. The van der Waals surface area contributed by atoms with Gasteiger partial charge in [0, 0.05) is 36.4 Å². The fourth-order valence-corrected chi connectivity index (χ4v) is 27.8. The Hall–Kier alpha value is -8.99. The topological polar surface area (TPSA) is 107 Å². The molecule has 0 saturated heterocycles. The number of esters is 3. The van der Waals surface area contributed by atoms with E-state index in [9.17, 15) is 14.4 Å². The van der Waals surface area contributed by atoms with E-state index in [2.05, 4.69) is 365 Å². The zero-order valence-corrected chi connectivity index (χ0v) is 80.1. The van der Waals surface area contributed by atoms with E-state index in [1.807, 2.05) is 6.92 Å². The van der Waals surface area contributed by atoms with Crippen LogP contribution in [0.2, 0.25) is 0 Å². The van der Waals surface area contributed by atoms with E-state index >= 15 is 0 Å². The van der Waals surface area contributed by atoms with Crippen molar-refractivity contribution >= 4 is 61.5 Å². The summed E-state index contributed by atoms with van der Waals surface area (Å²) in [4.78, 5) is 53.6. The lowest BCUT2D eigenvalue weighted by molar-refractivity contribution is -0.204. The van der Waals surface area contributed by atoms with Crippen LogP contribution in [0.15, 0.2) is 368 Å². The van der Waals surface area contributed by atoms with Crippen LogP contribution in [0.1, 0.15) is 150 Å². The van der Waals surface area contributed by atoms with Crippen LogP contribution in [0, 0.1) is 65.2 Å². The van der Waals surface area contributed by atoms with Gasteiger partial charge in [0.05, 0.1) is 43.6 Å². The molecule has 0 spiro atoms. The van der Waals surface area contributed by atoms with Crippen LogP contribution in [0.5, 0.6) is 17.2 Å². The Kier molecular flexibility index (Phi) is 37.3. The van der Waals surface area contributed by atoms with Crippen LogP contribution in [0.25, 0.3) is 0 Å². The van der Waals surface area contributed by atoms with Crippen LogP contribution in [-0.2, 0) is 72.2 Å². The van der Waals surface area contributed by atoms with Crippen molar-refractivity contribution in [2.45, 2.75) is 234 Å². The van der Waals surface area contributed by atoms with Crippen molar-refractivity contribution in [3.05, 3.63) is 343 Å². The van der Waals surface area contributed by atoms with E-state index in [0.717, 1.165) is 120 Å². The van der Waals surface area contributed by atoms with Crippen molar-refractivity contribution in [3.63, 3.8) is 0 Å². The van der Waals surface area contributed by atoms with Gasteiger partial charge in [-0.2, -0.15) is 0 Å². The van der Waals surface area contributed by atoms with Gasteiger partial charge in [0.15, 0.2) is 78.6 Å². The molecule has 0 N–H and O–H groups in total. The van der Waals surface area contributed by atoms with Crippen LogP contribution in [0.3, 0.4) is 0 Å². The molecule has 18 rings (SSSR count). The van der Waals surface area contributed by atoms with Crippen molar-refractivity contribution in [3.8, 4) is 17.2 Å². The summed E-state index contributed by atoms with van der Waals surface area (Å²) >= 11 is 0. The first-order valence-electron chi connectivity index (χ1n) is 43.6. The van der Waals surface area contributed by atoms with Crippen LogP contribution >= 0.6 is 0 Å². The molecule has 0 atom stereocenters. The van der Waals surface area contributed by atoms with Crippen LogP contribution < -0.4 is 63.8 Å². The van der Waals surface area contributed by atoms with Gasteiger partial charge in [0.25, 0.3) is 0 Å². The van der Waals surface area contributed by atoms with Gasteiger partial charge in [0.2, 0.25) is 0 Å². The predicted molar refractivity (Wildman–Crippen MR) is 498 cm³/mol. The van der Waals surface area contributed by atoms with Gasteiger partial charge in [-0.05, 0) is 312 Å². The zero-order valence-electron chi connectivity index (χ0n) is 73.8. The molecule has 12 aromatic rings. The molecule has 17 heteroatoms. The Morgan fingerprint density at radius 2 is 0.500 bits per heavy atom. The highest BCUT2D eigenvalue weighted by Crippen LogP contribution is 2.60. The molecule has 6 aliphatic rings. The van der Waals surface area contributed by atoms with Crippen molar-refractivity contribution in [2.24, 2.45) is 23.7 Å². The molecule has 6 saturated carbocycles. The van der Waals surface area contributed by atoms with Gasteiger partial charge >= 0.3 is 17.9 Å². The molecular formula is C109H118Cl4O9S4. The van der Waals surface area contributed by atoms with E-state index in [4.69, 9.17) is 28.4 Å². The second-order valence-electron chi connectivity index (χ2n) is 33.7. The van der Waals surface area contributed by atoms with E-state index < -0.39 is 0 Å². The number of carbonyl (C=O) groups is 3. The van der Waals surface area contributed by atoms with Gasteiger partial charge in [-0.15, -0.1) is 0 Å². The smallest absolute Gasteiger partial charge is 0.344 e. The van der Waals surface area contributed by atoms with Crippen molar-refractivity contribution in [1.29, 1.82) is 0 Å². The van der Waals surface area contributed by atoms with Gasteiger partial charge in [-0.25, -0.2) is 14.4 Å². The van der Waals surface area contributed by atoms with Gasteiger partial charge in [-0.3, -0.25) is 0 Å². The zero-order chi connectivity index (χ0) is 85.0. The second kappa shape index (κ2) is 47.4. The van der Waals surface area contributed by atoms with Crippen LogP contribution in [-0.4, -0.2) is 54.5 Å². The summed E-state index contributed by atoms with van der Waals surface area (Å²) in [7, 11) is -0.658. The molecule has 6 fully saturated rings. The van der Waals surface area contributed by atoms with Crippen molar-refractivity contribution in [2.75, 3.05) is 19.8 Å². The SMILES string of the molecule is CCC1(OC(=O)COc2c(C)cc([S+](c3ccccc3)c3ccccc3)cc2C)CCCC1.Cc1cc([S+](c2ccccc2)c2ccccc2)cc(C)c1OCC(=O)OC1(C)C2CC3CC(C2)CC1C3.Cc1cc([S+](c2ccccc2)c2ccccc2)cc(C)c1OCC(=O)OC1(C)CCCCC1.[Cl-].[Cl-].[Cl-].[Cl-].c1ccc([S+](c2ccccc2)c2ccccc2)cc1. The maximum Gasteiger partial charge on any atom is 0.344 e. The Bertz CT molecular complexity index is 5080. The maximum atomic E-state index is 13.0. The van der Waals surface area contributed by atoms with Crippen molar-refractivity contribution < 1.29 is 92.4 Å². The lowest BCUT2D eigenvalue weighted by Crippen LogP contribution is -3.00. The molecule has 0 aliphatic heterocycles. The lowest BCUT2D eigenvalue weighted by atomic mass is 9.50. The fraction of sp³-hybridized carbons (Fsp3) is 0.312. The van der Waals surface area contributed by atoms with Crippen molar-refractivity contribution in [1.82, 2.24) is 0 Å². The molecule has 12 aromatic carbocycles. The summed E-state index contributed by atoms with van der Waals surface area (Å²) in [5, 5.41) is 0. The third kappa shape index (κ3) is 25.3. The number of aryl methyl sites for hydroxylation is 6. The standard InChI is InChI=1S/C33H37O3S.2C29H33O3S.C18H15S.4ClH/c1-22-14-30(37(28-10-6-4-7-11-28)29-12-8-5-9-13-29)15-23(2)32(22)35-21-31(34)36-33(3)26-17-24-16-25(19-26)20-27(33)18-24;1-22-19-26(33(24-13-7-4-8-14-24)25-15-9-5-10-16-25)20-23(2)28(22)31-21-27(30)32-29(3)17-11-6-12-18-29;1-4-29(17-11-12-18-29)32-27(30)21-31-28-22(2)19-26(20-23(28)3)33(24-13-7-5-8-14-24)25-15-9-6-10-16-25;1-4-10-16(11-5-1)19(17-12-6-2-7-13-17)18-14-8-3-9-15-18;;;;/h4-15,24-27H,16-21H2,1-3H3;4-5,7-10,13-16,19-20H,6,11-12,17-18,21H2,1-3H3;5-10,13-16,19-20H,4,11-12,17-18,21H2,1-3H3;1-15H;4*1H/q4*+1;;;;/p-4. The number of rotatable bonds is 25. The molecule has 0 aromatic heterocycles. The first kappa shape index (κ1) is 99.2. The average molecular weight is 1840 g/mol. The monoisotopic (exact) mass is 1840 g/mol. The first-order valence-corrected chi connectivity index (χ1v) is 48.5. The molecular weight excluding hydrogens is 1720 g/mol. The van der Waals surface area contributed by atoms with E-state index in [1.165, 1.54) is 97.3 Å². The third-order valence-corrected chi connectivity index (χ3v) is 33.5. The Morgan fingerprint density at radius 3 is 0.738 bits per heavy atom. The normalized spacial score (nSPS) is 17.7. The Labute approximate surface area is 785 Å². The number of hydrogen-bond donors (Lipinski definition) is 0. The molecule has 126 heavy (non-hydrogen) atoms. The highest BCUT2D eigenvalue weighted by Gasteiger charge is 2.57. The maximum absolute atomic E-state index is 13.0. The number of ether oxygens (including phenoxy) is 6. The predicted octanol–water partition coefficient (Wildman–Crippen LogP) is 14.4. The number of halogens is 4. The molecule has 6 aliphatic carbocycles. The molecule has 0 radical (unpaired) electrons. The summed E-state index contributed by atoms with van der Waals surface area (Å²) in [6, 6.07) is 109. The van der Waals surface area contributed by atoms with Gasteiger partial charge in [0.1, 0.15) is 34.1 Å². The minimum atomic E-state index is -0.341. The van der Waals surface area contributed by atoms with E-state index in [0.29, 0.717) is 11.8 Å². The molecule has 4 bridgehead atoms. The summed E-state index contributed by atoms with van der Waals surface area (Å²) in [6.45, 7) is 18.6. The Morgan fingerprint density at radius 1 is 0.286 bits per heavy atom. The summed E-state index contributed by atoms with van der Waals surface area (Å²) in [5.41, 5.74) is 5.29.